The molecule has 0 saturated carbocycles. The average Bonchev–Trinajstić information content (AvgIpc) is 2.39. The Balaban J connectivity index is -0.0000000150. The summed E-state index contributed by atoms with van der Waals surface area (Å²) in [5, 5.41) is 31.5. The van der Waals surface area contributed by atoms with E-state index < -0.39 is 0 Å². The van der Waals surface area contributed by atoms with E-state index in [-0.39, 0.29) is 18.8 Å². The van der Waals surface area contributed by atoms with Gasteiger partial charge < -0.3 is 20.4 Å². The largest absolute Gasteiger partial charge is 0.396 e. The molecular formula is C12H36F4O4. The Morgan fingerprint density at radius 3 is 0.450 bits per heavy atom. The topological polar surface area (TPSA) is 80.9 Å². The molecule has 136 valence electrons. The fourth-order valence-electron chi connectivity index (χ4n) is 0. The van der Waals surface area contributed by atoms with Crippen molar-refractivity contribution >= 4 is 0 Å². The molecule has 8 heteroatoms. The normalized spacial score (nSPS) is 6.00. The van der Waals surface area contributed by atoms with Crippen LogP contribution in [0.2, 0.25) is 0 Å². The molecule has 4 nitrogen and oxygen atoms in total. The molecule has 0 saturated heterocycles. The molecule has 4 N–H and O–H groups in total. The first-order valence-corrected chi connectivity index (χ1v) is 6.09. The lowest BCUT2D eigenvalue weighted by molar-refractivity contribution is 0.294. The first-order chi connectivity index (χ1) is 7.66. The molecule has 0 unspecified atom stereocenters. The highest BCUT2D eigenvalue weighted by molar-refractivity contribution is 4.11. The molecule has 0 aliphatic rings. The number of hydrogen-bond acceptors (Lipinski definition) is 4. The van der Waals surface area contributed by atoms with E-state index in [0.717, 1.165) is 25.7 Å². The molecule has 0 fully saturated rings. The van der Waals surface area contributed by atoms with Crippen LogP contribution in [0.4, 0.5) is 18.8 Å². The highest BCUT2D eigenvalue weighted by Gasteiger charge is 1.58. The van der Waals surface area contributed by atoms with Crippen LogP contribution >= 0.6 is 0 Å². The van der Waals surface area contributed by atoms with Crippen molar-refractivity contribution in [2.45, 2.75) is 53.4 Å². The first kappa shape index (κ1) is 50.4. The Kier molecular flexibility index (Phi) is 252. The second-order valence-electron chi connectivity index (χ2n) is 2.89. The molecule has 0 heterocycles. The van der Waals surface area contributed by atoms with Crippen LogP contribution in [0.1, 0.15) is 53.4 Å². The van der Waals surface area contributed by atoms with Crippen LogP contribution < -0.4 is 0 Å². The zero-order valence-electron chi connectivity index (χ0n) is 13.1. The number of aliphatic hydroxyl groups excluding tert-OH is 4. The lowest BCUT2D eigenvalue weighted by Gasteiger charge is -1.69. The third-order valence-corrected chi connectivity index (χ3v) is 0.894. The van der Waals surface area contributed by atoms with E-state index in [2.05, 4.69) is 0 Å². The van der Waals surface area contributed by atoms with Gasteiger partial charge >= 0.3 is 0 Å². The van der Waals surface area contributed by atoms with Gasteiger partial charge in [-0.3, -0.25) is 18.8 Å². The second kappa shape index (κ2) is 100. The summed E-state index contributed by atoms with van der Waals surface area (Å²) in [4.78, 5) is 0. The smallest absolute Gasteiger partial charge is 0.0428 e. The summed E-state index contributed by atoms with van der Waals surface area (Å²) in [6.07, 6.45) is 3.50. The highest BCUT2D eigenvalue weighted by atomic mass is 19.0. The summed E-state index contributed by atoms with van der Waals surface area (Å²) >= 11 is 0. The Morgan fingerprint density at radius 2 is 0.450 bits per heavy atom. The molecule has 0 bridgehead atoms. The van der Waals surface area contributed by atoms with Gasteiger partial charge in [0.15, 0.2) is 0 Å². The van der Waals surface area contributed by atoms with Gasteiger partial charge in [0, 0.05) is 26.4 Å². The van der Waals surface area contributed by atoms with Crippen molar-refractivity contribution in [1.29, 1.82) is 0 Å². The summed E-state index contributed by atoms with van der Waals surface area (Å²) in [5.74, 6) is 0. The standard InChI is InChI=1S/4C3H8O.4FH/c4*1-2-3-4;;;;/h4*4H,2-3H2,1H3;4*1H. The molecule has 0 atom stereocenters. The van der Waals surface area contributed by atoms with Gasteiger partial charge in [-0.1, -0.05) is 27.7 Å². The van der Waals surface area contributed by atoms with Crippen LogP contribution in [0.25, 0.3) is 0 Å². The van der Waals surface area contributed by atoms with Crippen LogP contribution in [0.15, 0.2) is 0 Å². The van der Waals surface area contributed by atoms with E-state index in [1.807, 2.05) is 27.7 Å². The molecular weight excluding hydrogens is 284 g/mol. The Hall–Kier alpha value is -0.440. The van der Waals surface area contributed by atoms with E-state index >= 15 is 0 Å². The summed E-state index contributed by atoms with van der Waals surface area (Å²) in [5.41, 5.74) is 0. The average molecular weight is 320 g/mol. The van der Waals surface area contributed by atoms with Crippen LogP contribution in [0.3, 0.4) is 0 Å². The third kappa shape index (κ3) is 380. The Bertz CT molecular complexity index is 51.4. The molecule has 0 rings (SSSR count). The van der Waals surface area contributed by atoms with E-state index in [0.29, 0.717) is 26.4 Å². The Morgan fingerprint density at radius 1 is 0.400 bits per heavy atom. The fourth-order valence-corrected chi connectivity index (χ4v) is 0. The highest BCUT2D eigenvalue weighted by Crippen LogP contribution is 1.62. The quantitative estimate of drug-likeness (QED) is 0.599. The van der Waals surface area contributed by atoms with Crippen molar-refractivity contribution in [3.63, 3.8) is 0 Å². The molecule has 0 aliphatic heterocycles. The van der Waals surface area contributed by atoms with E-state index in [4.69, 9.17) is 20.4 Å². The molecule has 0 aromatic heterocycles. The van der Waals surface area contributed by atoms with Crippen molar-refractivity contribution in [2.24, 2.45) is 0 Å². The molecule has 0 spiro atoms. The summed E-state index contributed by atoms with van der Waals surface area (Å²) < 4.78 is 0. The molecule has 20 heavy (non-hydrogen) atoms. The van der Waals surface area contributed by atoms with Gasteiger partial charge in [-0.2, -0.15) is 0 Å². The van der Waals surface area contributed by atoms with Crippen molar-refractivity contribution in [1.82, 2.24) is 0 Å². The van der Waals surface area contributed by atoms with Gasteiger partial charge in [-0.15, -0.1) is 0 Å². The van der Waals surface area contributed by atoms with Crippen LogP contribution in [-0.4, -0.2) is 46.9 Å². The number of aliphatic hydroxyl groups is 4. The minimum Gasteiger partial charge on any atom is -0.396 e. The third-order valence-electron chi connectivity index (χ3n) is 0.894. The predicted molar refractivity (Wildman–Crippen MR) is 79.5 cm³/mol. The fraction of sp³-hybridized carbons (Fsp3) is 1.00. The van der Waals surface area contributed by atoms with Crippen molar-refractivity contribution in [3.05, 3.63) is 0 Å². The molecule has 0 aromatic carbocycles. The van der Waals surface area contributed by atoms with E-state index in [1.165, 1.54) is 0 Å². The lowest BCUT2D eigenvalue weighted by atomic mass is 10.5. The first-order valence-electron chi connectivity index (χ1n) is 6.09. The maximum atomic E-state index is 7.88. The van der Waals surface area contributed by atoms with Gasteiger partial charge in [-0.25, -0.2) is 0 Å². The monoisotopic (exact) mass is 320 g/mol. The summed E-state index contributed by atoms with van der Waals surface area (Å²) in [6, 6.07) is 0. The van der Waals surface area contributed by atoms with Crippen LogP contribution in [0.5, 0.6) is 0 Å². The number of rotatable bonds is 4. The van der Waals surface area contributed by atoms with Gasteiger partial charge in [0.1, 0.15) is 0 Å². The maximum Gasteiger partial charge on any atom is 0.0428 e. The Labute approximate surface area is 120 Å². The second-order valence-corrected chi connectivity index (χ2v) is 2.89. The SMILES string of the molecule is CCCO.CCCO.CCCO.CCCO.F.F.F.F. The van der Waals surface area contributed by atoms with Crippen LogP contribution in [0, 0.1) is 0 Å². The van der Waals surface area contributed by atoms with E-state index in [9.17, 15) is 0 Å². The van der Waals surface area contributed by atoms with Crippen molar-refractivity contribution < 1.29 is 39.2 Å². The zero-order chi connectivity index (χ0) is 13.7. The van der Waals surface area contributed by atoms with Crippen molar-refractivity contribution in [2.75, 3.05) is 26.4 Å². The zero-order valence-corrected chi connectivity index (χ0v) is 13.1. The molecule has 0 amide bonds. The molecule has 0 aromatic rings. The summed E-state index contributed by atoms with van der Waals surface area (Å²) in [7, 11) is 0. The van der Waals surface area contributed by atoms with Gasteiger partial charge in [-0.05, 0) is 25.7 Å². The number of halogens is 4. The lowest BCUT2D eigenvalue weighted by Crippen LogP contribution is -1.69. The maximum absolute atomic E-state index is 7.88. The number of hydrogen-bond donors (Lipinski definition) is 4. The molecule has 0 radical (unpaired) electrons. The van der Waals surface area contributed by atoms with Gasteiger partial charge in [0.2, 0.25) is 0 Å². The minimum atomic E-state index is 0. The van der Waals surface area contributed by atoms with E-state index in [1.54, 1.807) is 0 Å². The van der Waals surface area contributed by atoms with Crippen LogP contribution in [-0.2, 0) is 0 Å². The van der Waals surface area contributed by atoms with Gasteiger partial charge in [0.25, 0.3) is 0 Å². The van der Waals surface area contributed by atoms with Gasteiger partial charge in [0.05, 0.1) is 0 Å². The minimum absolute atomic E-state index is 0. The van der Waals surface area contributed by atoms with Crippen molar-refractivity contribution in [3.8, 4) is 0 Å². The summed E-state index contributed by atoms with van der Waals surface area (Å²) in [6.45, 7) is 9.00. The molecule has 0 aliphatic carbocycles. The predicted octanol–water partition coefficient (Wildman–Crippen LogP) is 2.16.